The molecule has 0 spiro atoms. The molecule has 3 atom stereocenters. The molecule has 3 aliphatic rings. The largest absolute Gasteiger partial charge is 0.335 e. The van der Waals surface area contributed by atoms with E-state index in [9.17, 15) is 4.79 Å². The number of hydrogen-bond acceptors (Lipinski definition) is 3. The highest BCUT2D eigenvalue weighted by molar-refractivity contribution is 7.99. The molecule has 18 heavy (non-hydrogen) atoms. The summed E-state index contributed by atoms with van der Waals surface area (Å²) in [5.74, 6) is 4.29. The Morgan fingerprint density at radius 3 is 2.89 bits per heavy atom. The van der Waals surface area contributed by atoms with Crippen LogP contribution < -0.4 is 5.32 Å². The summed E-state index contributed by atoms with van der Waals surface area (Å²) in [4.78, 5) is 14.8. The van der Waals surface area contributed by atoms with Gasteiger partial charge < -0.3 is 10.2 Å². The first-order valence-electron chi connectivity index (χ1n) is 7.35. The molecular formula is C14H24N2OS. The maximum absolute atomic E-state index is 12.6. The van der Waals surface area contributed by atoms with E-state index in [0.29, 0.717) is 29.8 Å². The van der Waals surface area contributed by atoms with Crippen molar-refractivity contribution in [3.8, 4) is 0 Å². The van der Waals surface area contributed by atoms with Gasteiger partial charge >= 0.3 is 0 Å². The van der Waals surface area contributed by atoms with E-state index in [2.05, 4.69) is 17.1 Å². The summed E-state index contributed by atoms with van der Waals surface area (Å²) >= 11 is 2.04. The zero-order valence-corrected chi connectivity index (χ0v) is 12.0. The molecular weight excluding hydrogens is 244 g/mol. The van der Waals surface area contributed by atoms with E-state index in [1.165, 1.54) is 30.8 Å². The number of hydrogen-bond donors (Lipinski definition) is 1. The number of likely N-dealkylation sites (tertiary alicyclic amines) is 1. The molecule has 0 aromatic heterocycles. The maximum atomic E-state index is 12.6. The van der Waals surface area contributed by atoms with Crippen molar-refractivity contribution < 1.29 is 4.79 Å². The van der Waals surface area contributed by atoms with Crippen LogP contribution in [-0.4, -0.2) is 47.5 Å². The second-order valence-corrected chi connectivity index (χ2v) is 7.36. The molecule has 1 N–H and O–H groups in total. The molecule has 3 rings (SSSR count). The minimum Gasteiger partial charge on any atom is -0.335 e. The van der Waals surface area contributed by atoms with Gasteiger partial charge in [0.2, 0.25) is 5.91 Å². The van der Waals surface area contributed by atoms with Crippen molar-refractivity contribution in [1.29, 1.82) is 0 Å². The molecule has 0 aromatic rings. The van der Waals surface area contributed by atoms with Gasteiger partial charge in [-0.25, -0.2) is 0 Å². The zero-order chi connectivity index (χ0) is 12.5. The van der Waals surface area contributed by atoms with Crippen LogP contribution in [0.1, 0.15) is 32.6 Å². The molecule has 3 saturated heterocycles. The Kier molecular flexibility index (Phi) is 3.85. The van der Waals surface area contributed by atoms with Gasteiger partial charge in [0.25, 0.3) is 0 Å². The first-order chi connectivity index (χ1) is 8.75. The van der Waals surface area contributed by atoms with Gasteiger partial charge in [-0.3, -0.25) is 4.79 Å². The second-order valence-electron chi connectivity index (χ2n) is 6.13. The Hall–Kier alpha value is -0.220. The molecule has 0 aliphatic carbocycles. The molecule has 0 aromatic carbocycles. The molecule has 0 radical (unpaired) electrons. The Morgan fingerprint density at radius 2 is 2.11 bits per heavy atom. The van der Waals surface area contributed by atoms with E-state index in [-0.39, 0.29) is 0 Å². The van der Waals surface area contributed by atoms with Crippen molar-refractivity contribution >= 4 is 17.7 Å². The molecule has 0 saturated carbocycles. The number of rotatable bonds is 2. The minimum absolute atomic E-state index is 0.426. The molecule has 3 unspecified atom stereocenters. The molecule has 0 bridgehead atoms. The first kappa shape index (κ1) is 12.8. The van der Waals surface area contributed by atoms with Gasteiger partial charge in [-0.15, -0.1) is 0 Å². The smallest absolute Gasteiger partial charge is 0.223 e. The minimum atomic E-state index is 0.426. The van der Waals surface area contributed by atoms with E-state index in [0.717, 1.165) is 19.5 Å². The van der Waals surface area contributed by atoms with Crippen molar-refractivity contribution in [3.63, 3.8) is 0 Å². The van der Waals surface area contributed by atoms with E-state index in [4.69, 9.17) is 0 Å². The third-order valence-corrected chi connectivity index (χ3v) is 5.92. The lowest BCUT2D eigenvalue weighted by Crippen LogP contribution is -2.43. The Balaban J connectivity index is 1.60. The number of carbonyl (C=O) groups is 1. The van der Waals surface area contributed by atoms with Crippen LogP contribution in [0.5, 0.6) is 0 Å². The standard InChI is InChI=1S/C14H24N2OS/c1-10-6-12-8-15-9-13(12)16(10)14(17)7-11-2-4-18-5-3-11/h10-13,15H,2-9H2,1H3. The number of nitrogens with zero attached hydrogens (tertiary/aromatic N) is 1. The second kappa shape index (κ2) is 5.41. The van der Waals surface area contributed by atoms with Gasteiger partial charge in [0.1, 0.15) is 0 Å². The third kappa shape index (κ3) is 2.42. The molecule has 3 aliphatic heterocycles. The van der Waals surface area contributed by atoms with Gasteiger partial charge in [-0.2, -0.15) is 11.8 Å². The fourth-order valence-corrected chi connectivity index (χ4v) is 5.10. The third-order valence-electron chi connectivity index (χ3n) is 4.87. The molecule has 102 valence electrons. The maximum Gasteiger partial charge on any atom is 0.223 e. The highest BCUT2D eigenvalue weighted by Gasteiger charge is 2.44. The van der Waals surface area contributed by atoms with Gasteiger partial charge in [-0.05, 0) is 49.5 Å². The van der Waals surface area contributed by atoms with Crippen molar-refractivity contribution in [2.75, 3.05) is 24.6 Å². The predicted octanol–water partition coefficient (Wildman–Crippen LogP) is 1.73. The molecule has 3 nitrogen and oxygen atoms in total. The average Bonchev–Trinajstić information content (AvgIpc) is 2.89. The Bertz CT molecular complexity index is 317. The van der Waals surface area contributed by atoms with Crippen LogP contribution in [0.4, 0.5) is 0 Å². The van der Waals surface area contributed by atoms with Crippen LogP contribution in [-0.2, 0) is 4.79 Å². The van der Waals surface area contributed by atoms with E-state index < -0.39 is 0 Å². The average molecular weight is 268 g/mol. The van der Waals surface area contributed by atoms with E-state index in [1.807, 2.05) is 11.8 Å². The van der Waals surface area contributed by atoms with E-state index in [1.54, 1.807) is 0 Å². The summed E-state index contributed by atoms with van der Waals surface area (Å²) in [5.41, 5.74) is 0. The summed E-state index contributed by atoms with van der Waals surface area (Å²) in [6, 6.07) is 0.957. The highest BCUT2D eigenvalue weighted by atomic mass is 32.2. The van der Waals surface area contributed by atoms with E-state index >= 15 is 0 Å². The van der Waals surface area contributed by atoms with Crippen molar-refractivity contribution in [3.05, 3.63) is 0 Å². The van der Waals surface area contributed by atoms with Crippen molar-refractivity contribution in [2.24, 2.45) is 11.8 Å². The fourth-order valence-electron chi connectivity index (χ4n) is 3.90. The Labute approximate surface area is 114 Å². The normalized spacial score (nSPS) is 36.9. The monoisotopic (exact) mass is 268 g/mol. The van der Waals surface area contributed by atoms with Gasteiger partial charge in [0, 0.05) is 31.6 Å². The summed E-state index contributed by atoms with van der Waals surface area (Å²) in [6.45, 7) is 4.35. The lowest BCUT2D eigenvalue weighted by Gasteiger charge is -2.30. The number of fused-ring (bicyclic) bond motifs is 1. The summed E-state index contributed by atoms with van der Waals surface area (Å²) < 4.78 is 0. The van der Waals surface area contributed by atoms with Gasteiger partial charge in [0.15, 0.2) is 0 Å². The first-order valence-corrected chi connectivity index (χ1v) is 8.51. The van der Waals surface area contributed by atoms with Crippen LogP contribution in [0, 0.1) is 11.8 Å². The Morgan fingerprint density at radius 1 is 1.33 bits per heavy atom. The van der Waals surface area contributed by atoms with Crippen LogP contribution >= 0.6 is 11.8 Å². The van der Waals surface area contributed by atoms with Crippen LogP contribution in [0.2, 0.25) is 0 Å². The van der Waals surface area contributed by atoms with Crippen LogP contribution in [0.3, 0.4) is 0 Å². The molecule has 3 fully saturated rings. The lowest BCUT2D eigenvalue weighted by atomic mass is 9.97. The number of carbonyl (C=O) groups excluding carboxylic acids is 1. The summed E-state index contributed by atoms with van der Waals surface area (Å²) in [7, 11) is 0. The molecule has 4 heteroatoms. The predicted molar refractivity (Wildman–Crippen MR) is 75.7 cm³/mol. The van der Waals surface area contributed by atoms with Crippen molar-refractivity contribution in [1.82, 2.24) is 10.2 Å². The number of nitrogens with one attached hydrogen (secondary N) is 1. The zero-order valence-electron chi connectivity index (χ0n) is 11.2. The lowest BCUT2D eigenvalue weighted by molar-refractivity contribution is -0.134. The topological polar surface area (TPSA) is 32.3 Å². The molecule has 3 heterocycles. The van der Waals surface area contributed by atoms with Crippen LogP contribution in [0.15, 0.2) is 0 Å². The summed E-state index contributed by atoms with van der Waals surface area (Å²) in [6.07, 6.45) is 4.48. The van der Waals surface area contributed by atoms with Crippen LogP contribution in [0.25, 0.3) is 0 Å². The molecule has 1 amide bonds. The summed E-state index contributed by atoms with van der Waals surface area (Å²) in [5, 5.41) is 3.44. The SMILES string of the molecule is CC1CC2CNCC2N1C(=O)CC1CCSCC1. The highest BCUT2D eigenvalue weighted by Crippen LogP contribution is 2.34. The number of amides is 1. The van der Waals surface area contributed by atoms with Gasteiger partial charge in [0.05, 0.1) is 0 Å². The fraction of sp³-hybridized carbons (Fsp3) is 0.929. The number of thioether (sulfide) groups is 1. The van der Waals surface area contributed by atoms with Crippen molar-refractivity contribution in [2.45, 2.75) is 44.7 Å². The van der Waals surface area contributed by atoms with Gasteiger partial charge in [-0.1, -0.05) is 0 Å². The quantitative estimate of drug-likeness (QED) is 0.828.